The van der Waals surface area contributed by atoms with Gasteiger partial charge in [0.15, 0.2) is 5.78 Å². The van der Waals surface area contributed by atoms with Gasteiger partial charge in [-0.25, -0.2) is 0 Å². The van der Waals surface area contributed by atoms with Crippen molar-refractivity contribution in [3.63, 3.8) is 0 Å². The lowest BCUT2D eigenvalue weighted by Crippen LogP contribution is -2.18. The second-order valence-electron chi connectivity index (χ2n) is 3.14. The molecule has 1 rings (SSSR count). The zero-order valence-corrected chi connectivity index (χ0v) is 11.3. The highest BCUT2D eigenvalue weighted by molar-refractivity contribution is 9.10. The number of hydrogen-bond donors (Lipinski definition) is 0. The van der Waals surface area contributed by atoms with Crippen LogP contribution in [0.15, 0.2) is 22.7 Å². The molecule has 0 radical (unpaired) electrons. The van der Waals surface area contributed by atoms with E-state index in [2.05, 4.69) is 31.9 Å². The number of halogens is 5. The molecule has 0 bridgehead atoms. The number of carbonyl (C=O) groups is 1. The zero-order chi connectivity index (χ0) is 12.5. The SMILES string of the molecule is CC(Br)C(=O)c1cccc(Br)c1C(F)(F)F. The molecule has 1 unspecified atom stereocenters. The summed E-state index contributed by atoms with van der Waals surface area (Å²) < 4.78 is 38.1. The minimum Gasteiger partial charge on any atom is -0.293 e. The van der Waals surface area contributed by atoms with Crippen LogP contribution in [-0.4, -0.2) is 10.6 Å². The van der Waals surface area contributed by atoms with Gasteiger partial charge in [-0.15, -0.1) is 0 Å². The maximum Gasteiger partial charge on any atom is 0.418 e. The van der Waals surface area contributed by atoms with E-state index in [1.165, 1.54) is 25.1 Å². The van der Waals surface area contributed by atoms with Gasteiger partial charge in [0.25, 0.3) is 0 Å². The number of hydrogen-bond acceptors (Lipinski definition) is 1. The second kappa shape index (κ2) is 4.87. The van der Waals surface area contributed by atoms with Crippen molar-refractivity contribution in [3.05, 3.63) is 33.8 Å². The molecule has 0 heterocycles. The first-order valence-electron chi connectivity index (χ1n) is 4.29. The second-order valence-corrected chi connectivity index (χ2v) is 5.37. The fraction of sp³-hybridized carbons (Fsp3) is 0.300. The summed E-state index contributed by atoms with van der Waals surface area (Å²) in [7, 11) is 0. The van der Waals surface area contributed by atoms with Gasteiger partial charge in [-0.05, 0) is 13.0 Å². The predicted octanol–water partition coefficient (Wildman–Crippen LogP) is 4.43. The summed E-state index contributed by atoms with van der Waals surface area (Å²) in [4.78, 5) is 10.9. The molecule has 0 amide bonds. The number of ketones is 1. The van der Waals surface area contributed by atoms with Crippen molar-refractivity contribution in [2.24, 2.45) is 0 Å². The fourth-order valence-electron chi connectivity index (χ4n) is 1.23. The van der Waals surface area contributed by atoms with Crippen molar-refractivity contribution in [2.45, 2.75) is 17.9 Å². The van der Waals surface area contributed by atoms with E-state index in [-0.39, 0.29) is 10.0 Å². The standard InChI is InChI=1S/C10H7Br2F3O/c1-5(11)9(16)6-3-2-4-7(12)8(6)10(13,14)15/h2-5H,1H3. The molecule has 0 aliphatic heterocycles. The summed E-state index contributed by atoms with van der Waals surface area (Å²) >= 11 is 5.78. The van der Waals surface area contributed by atoms with Crippen LogP contribution >= 0.6 is 31.9 Å². The molecule has 1 aromatic rings. The van der Waals surface area contributed by atoms with Crippen LogP contribution < -0.4 is 0 Å². The Labute approximate surface area is 107 Å². The van der Waals surface area contributed by atoms with Gasteiger partial charge in [0.1, 0.15) is 0 Å². The normalized spacial score (nSPS) is 13.6. The summed E-state index contributed by atoms with van der Waals surface area (Å²) in [6, 6.07) is 3.84. The summed E-state index contributed by atoms with van der Waals surface area (Å²) in [5, 5.41) is 0. The fourth-order valence-corrected chi connectivity index (χ4v) is 2.07. The number of benzene rings is 1. The lowest BCUT2D eigenvalue weighted by molar-refractivity contribution is -0.138. The molecule has 88 valence electrons. The number of rotatable bonds is 2. The Kier molecular flexibility index (Phi) is 4.17. The van der Waals surface area contributed by atoms with Gasteiger partial charge in [0, 0.05) is 10.0 Å². The zero-order valence-electron chi connectivity index (χ0n) is 8.11. The van der Waals surface area contributed by atoms with Crippen LogP contribution in [0.25, 0.3) is 0 Å². The summed E-state index contributed by atoms with van der Waals surface area (Å²) in [6.07, 6.45) is -4.55. The minimum absolute atomic E-state index is 0.126. The van der Waals surface area contributed by atoms with E-state index in [9.17, 15) is 18.0 Å². The maximum absolute atomic E-state index is 12.7. The van der Waals surface area contributed by atoms with Crippen molar-refractivity contribution < 1.29 is 18.0 Å². The van der Waals surface area contributed by atoms with E-state index < -0.39 is 22.4 Å². The number of carbonyl (C=O) groups excluding carboxylic acids is 1. The molecule has 1 nitrogen and oxygen atoms in total. The van der Waals surface area contributed by atoms with Crippen LogP contribution in [-0.2, 0) is 6.18 Å². The molecule has 0 fully saturated rings. The van der Waals surface area contributed by atoms with E-state index in [0.717, 1.165) is 0 Å². The van der Waals surface area contributed by atoms with E-state index in [4.69, 9.17) is 0 Å². The van der Waals surface area contributed by atoms with Crippen LogP contribution in [0.5, 0.6) is 0 Å². The summed E-state index contributed by atoms with van der Waals surface area (Å²) in [5.41, 5.74) is -1.25. The Morgan fingerprint density at radius 1 is 1.38 bits per heavy atom. The molecule has 0 N–H and O–H groups in total. The van der Waals surface area contributed by atoms with Gasteiger partial charge in [-0.3, -0.25) is 4.79 Å². The third kappa shape index (κ3) is 2.85. The number of Topliss-reactive ketones (excluding diaryl/α,β-unsaturated/α-hetero) is 1. The molecule has 0 saturated carbocycles. The van der Waals surface area contributed by atoms with E-state index >= 15 is 0 Å². The highest BCUT2D eigenvalue weighted by Crippen LogP contribution is 2.38. The van der Waals surface area contributed by atoms with Crippen molar-refractivity contribution in [1.29, 1.82) is 0 Å². The molecule has 0 aliphatic carbocycles. The van der Waals surface area contributed by atoms with Gasteiger partial charge in [-0.2, -0.15) is 13.2 Å². The van der Waals surface area contributed by atoms with Crippen LogP contribution in [0.4, 0.5) is 13.2 Å². The lowest BCUT2D eigenvalue weighted by atomic mass is 10.0. The molecule has 6 heteroatoms. The molecule has 0 aliphatic rings. The Bertz CT molecular complexity index is 413. The third-order valence-electron chi connectivity index (χ3n) is 1.92. The maximum atomic E-state index is 12.7. The number of alkyl halides is 4. The Balaban J connectivity index is 3.41. The van der Waals surface area contributed by atoms with Crippen molar-refractivity contribution >= 4 is 37.6 Å². The molecular weight excluding hydrogens is 353 g/mol. The highest BCUT2D eigenvalue weighted by atomic mass is 79.9. The van der Waals surface area contributed by atoms with Gasteiger partial charge < -0.3 is 0 Å². The Morgan fingerprint density at radius 3 is 2.38 bits per heavy atom. The van der Waals surface area contributed by atoms with Gasteiger partial charge in [0.2, 0.25) is 0 Å². The molecule has 0 saturated heterocycles. The topological polar surface area (TPSA) is 17.1 Å². The molecule has 0 spiro atoms. The molecule has 0 aromatic heterocycles. The third-order valence-corrected chi connectivity index (χ3v) is 3.00. The van der Waals surface area contributed by atoms with Crippen LogP contribution in [0, 0.1) is 0 Å². The first kappa shape index (κ1) is 13.7. The van der Waals surface area contributed by atoms with Crippen molar-refractivity contribution in [3.8, 4) is 0 Å². The monoisotopic (exact) mass is 358 g/mol. The van der Waals surface area contributed by atoms with Crippen LogP contribution in [0.2, 0.25) is 0 Å². The highest BCUT2D eigenvalue weighted by Gasteiger charge is 2.37. The van der Waals surface area contributed by atoms with Crippen molar-refractivity contribution in [2.75, 3.05) is 0 Å². The van der Waals surface area contributed by atoms with Gasteiger partial charge in [-0.1, -0.05) is 44.0 Å². The smallest absolute Gasteiger partial charge is 0.293 e. The lowest BCUT2D eigenvalue weighted by Gasteiger charge is -2.14. The van der Waals surface area contributed by atoms with Gasteiger partial charge in [0.05, 0.1) is 10.4 Å². The first-order chi connectivity index (χ1) is 7.25. The van der Waals surface area contributed by atoms with Gasteiger partial charge >= 0.3 is 6.18 Å². The quantitative estimate of drug-likeness (QED) is 0.563. The Morgan fingerprint density at radius 2 is 1.94 bits per heavy atom. The average molecular weight is 360 g/mol. The summed E-state index contributed by atoms with van der Waals surface area (Å²) in [5.74, 6) is -0.589. The van der Waals surface area contributed by atoms with Crippen LogP contribution in [0.3, 0.4) is 0 Å². The predicted molar refractivity (Wildman–Crippen MR) is 61.9 cm³/mol. The van der Waals surface area contributed by atoms with Crippen LogP contribution in [0.1, 0.15) is 22.8 Å². The first-order valence-corrected chi connectivity index (χ1v) is 6.00. The molecule has 1 aromatic carbocycles. The molecule has 1 atom stereocenters. The average Bonchev–Trinajstić information content (AvgIpc) is 2.14. The summed E-state index contributed by atoms with van der Waals surface area (Å²) in [6.45, 7) is 1.49. The van der Waals surface area contributed by atoms with E-state index in [1.807, 2.05) is 0 Å². The largest absolute Gasteiger partial charge is 0.418 e. The van der Waals surface area contributed by atoms with E-state index in [0.29, 0.717) is 0 Å². The molecule has 16 heavy (non-hydrogen) atoms. The Hall–Kier alpha value is -0.360. The van der Waals surface area contributed by atoms with E-state index in [1.54, 1.807) is 0 Å². The minimum atomic E-state index is -4.55. The van der Waals surface area contributed by atoms with Crippen molar-refractivity contribution in [1.82, 2.24) is 0 Å². The molecular formula is C10H7Br2F3O.